The first-order valence-electron chi connectivity index (χ1n) is 9.69. The van der Waals surface area contributed by atoms with Gasteiger partial charge in [0, 0.05) is 18.1 Å². The van der Waals surface area contributed by atoms with Gasteiger partial charge in [-0.05, 0) is 35.4 Å². The van der Waals surface area contributed by atoms with E-state index in [1.165, 1.54) is 25.3 Å². The van der Waals surface area contributed by atoms with Crippen LogP contribution >= 0.6 is 23.2 Å². The number of carbonyl (C=O) groups is 1. The van der Waals surface area contributed by atoms with E-state index in [9.17, 15) is 13.2 Å². The topological polar surface area (TPSA) is 75.7 Å². The molecule has 0 fully saturated rings. The molecule has 0 radical (unpaired) electrons. The number of hydrogen-bond acceptors (Lipinski definition) is 4. The van der Waals surface area contributed by atoms with Gasteiger partial charge in [0.15, 0.2) is 0 Å². The molecular formula is C23H22Cl2N2O4S. The van der Waals surface area contributed by atoms with E-state index in [-0.39, 0.29) is 29.6 Å². The fourth-order valence-electron chi connectivity index (χ4n) is 3.02. The number of benzene rings is 3. The molecule has 32 heavy (non-hydrogen) atoms. The first kappa shape index (κ1) is 24.1. The summed E-state index contributed by atoms with van der Waals surface area (Å²) in [5.74, 6) is -0.0956. The first-order valence-corrected chi connectivity index (χ1v) is 11.9. The zero-order valence-corrected chi connectivity index (χ0v) is 19.6. The van der Waals surface area contributed by atoms with Crippen LogP contribution in [0.3, 0.4) is 0 Å². The number of nitrogens with zero attached hydrogens (tertiary/aromatic N) is 1. The number of nitrogens with one attached hydrogen (secondary N) is 1. The highest BCUT2D eigenvalue weighted by Gasteiger charge is 2.27. The smallest absolute Gasteiger partial charge is 0.243 e. The third-order valence-electron chi connectivity index (χ3n) is 4.72. The van der Waals surface area contributed by atoms with Gasteiger partial charge in [-0.1, -0.05) is 71.7 Å². The molecule has 3 aromatic rings. The number of amides is 1. The Bertz CT molecular complexity index is 1190. The molecule has 3 aromatic carbocycles. The van der Waals surface area contributed by atoms with E-state index in [1.807, 2.05) is 24.3 Å². The van der Waals surface area contributed by atoms with Crippen LogP contribution in [0.25, 0.3) is 0 Å². The molecule has 0 atom stereocenters. The maximum absolute atomic E-state index is 13.4. The van der Waals surface area contributed by atoms with Crippen LogP contribution in [-0.4, -0.2) is 32.3 Å². The second-order valence-electron chi connectivity index (χ2n) is 6.92. The van der Waals surface area contributed by atoms with Crippen LogP contribution in [0.1, 0.15) is 11.1 Å². The molecule has 0 unspecified atom stereocenters. The van der Waals surface area contributed by atoms with Gasteiger partial charge in [-0.3, -0.25) is 4.79 Å². The molecule has 6 nitrogen and oxygen atoms in total. The van der Waals surface area contributed by atoms with Crippen LogP contribution in [0.2, 0.25) is 10.0 Å². The SMILES string of the molecule is COc1ccc(S(=O)(=O)N(CC(=O)NCc2ccccc2Cl)Cc2ccccc2)cc1Cl. The lowest BCUT2D eigenvalue weighted by atomic mass is 10.2. The molecule has 1 amide bonds. The molecule has 0 aromatic heterocycles. The summed E-state index contributed by atoms with van der Waals surface area (Å²) < 4.78 is 33.0. The molecule has 0 saturated heterocycles. The predicted molar refractivity (Wildman–Crippen MR) is 125 cm³/mol. The highest BCUT2D eigenvalue weighted by Crippen LogP contribution is 2.29. The second-order valence-corrected chi connectivity index (χ2v) is 9.68. The third-order valence-corrected chi connectivity index (χ3v) is 7.17. The van der Waals surface area contributed by atoms with Crippen LogP contribution in [0.5, 0.6) is 5.75 Å². The summed E-state index contributed by atoms with van der Waals surface area (Å²) in [7, 11) is -2.58. The van der Waals surface area contributed by atoms with Gasteiger partial charge in [0.2, 0.25) is 15.9 Å². The average molecular weight is 493 g/mol. The Hall–Kier alpha value is -2.58. The summed E-state index contributed by atoms with van der Waals surface area (Å²) in [6.45, 7) is -0.163. The fourth-order valence-corrected chi connectivity index (χ4v) is 4.96. The normalized spacial score (nSPS) is 11.4. The van der Waals surface area contributed by atoms with Gasteiger partial charge in [-0.15, -0.1) is 0 Å². The summed E-state index contributed by atoms with van der Waals surface area (Å²) in [5.41, 5.74) is 1.48. The maximum Gasteiger partial charge on any atom is 0.243 e. The number of carbonyl (C=O) groups excluding carboxylic acids is 1. The second kappa shape index (κ2) is 10.8. The lowest BCUT2D eigenvalue weighted by Crippen LogP contribution is -2.40. The number of sulfonamides is 1. The lowest BCUT2D eigenvalue weighted by molar-refractivity contribution is -0.121. The zero-order valence-electron chi connectivity index (χ0n) is 17.3. The molecule has 9 heteroatoms. The minimum absolute atomic E-state index is 0.0202. The van der Waals surface area contributed by atoms with E-state index in [4.69, 9.17) is 27.9 Å². The van der Waals surface area contributed by atoms with Gasteiger partial charge in [0.25, 0.3) is 0 Å². The van der Waals surface area contributed by atoms with E-state index in [2.05, 4.69) is 5.32 Å². The molecule has 0 bridgehead atoms. The zero-order chi connectivity index (χ0) is 23.1. The van der Waals surface area contributed by atoms with Crippen LogP contribution in [0, 0.1) is 0 Å². The Morgan fingerprint density at radius 2 is 1.66 bits per heavy atom. The first-order chi connectivity index (χ1) is 15.3. The molecule has 3 rings (SSSR count). The Morgan fingerprint density at radius 3 is 2.31 bits per heavy atom. The molecule has 0 aliphatic rings. The van der Waals surface area contributed by atoms with Crippen molar-refractivity contribution in [3.63, 3.8) is 0 Å². The summed E-state index contributed by atoms with van der Waals surface area (Å²) in [6.07, 6.45) is 0. The molecule has 0 aliphatic carbocycles. The van der Waals surface area contributed by atoms with E-state index < -0.39 is 15.9 Å². The van der Waals surface area contributed by atoms with Crippen LogP contribution in [-0.2, 0) is 27.9 Å². The summed E-state index contributed by atoms with van der Waals surface area (Å²) >= 11 is 12.3. The minimum atomic E-state index is -4.03. The number of methoxy groups -OCH3 is 1. The molecule has 168 valence electrons. The van der Waals surface area contributed by atoms with Gasteiger partial charge >= 0.3 is 0 Å². The van der Waals surface area contributed by atoms with Crippen molar-refractivity contribution in [1.82, 2.24) is 9.62 Å². The quantitative estimate of drug-likeness (QED) is 0.476. The van der Waals surface area contributed by atoms with Crippen molar-refractivity contribution in [2.75, 3.05) is 13.7 Å². The van der Waals surface area contributed by atoms with Crippen LogP contribution < -0.4 is 10.1 Å². The molecular weight excluding hydrogens is 471 g/mol. The largest absolute Gasteiger partial charge is 0.495 e. The Morgan fingerprint density at radius 1 is 0.969 bits per heavy atom. The number of hydrogen-bond donors (Lipinski definition) is 1. The minimum Gasteiger partial charge on any atom is -0.495 e. The van der Waals surface area contributed by atoms with Crippen molar-refractivity contribution in [3.8, 4) is 5.75 Å². The van der Waals surface area contributed by atoms with Gasteiger partial charge in [0.1, 0.15) is 5.75 Å². The fraction of sp³-hybridized carbons (Fsp3) is 0.174. The van der Waals surface area contributed by atoms with Gasteiger partial charge in [-0.25, -0.2) is 8.42 Å². The lowest BCUT2D eigenvalue weighted by Gasteiger charge is -2.22. The number of ether oxygens (including phenoxy) is 1. The van der Waals surface area contributed by atoms with Crippen molar-refractivity contribution in [1.29, 1.82) is 0 Å². The molecule has 0 heterocycles. The van der Waals surface area contributed by atoms with Crippen molar-refractivity contribution in [3.05, 3.63) is 94.0 Å². The monoisotopic (exact) mass is 492 g/mol. The van der Waals surface area contributed by atoms with Crippen LogP contribution in [0.15, 0.2) is 77.7 Å². The van der Waals surface area contributed by atoms with Crippen molar-refractivity contribution >= 4 is 39.1 Å². The summed E-state index contributed by atoms with van der Waals surface area (Å²) in [6, 6.07) is 20.4. The van der Waals surface area contributed by atoms with E-state index in [0.717, 1.165) is 15.4 Å². The van der Waals surface area contributed by atoms with Crippen LogP contribution in [0.4, 0.5) is 0 Å². The molecule has 0 saturated carbocycles. The predicted octanol–water partition coefficient (Wildman–Crippen LogP) is 4.51. The maximum atomic E-state index is 13.4. The Labute approximate surface area is 197 Å². The van der Waals surface area contributed by atoms with Gasteiger partial charge in [0.05, 0.1) is 23.6 Å². The molecule has 1 N–H and O–H groups in total. The van der Waals surface area contributed by atoms with E-state index in [0.29, 0.717) is 10.8 Å². The van der Waals surface area contributed by atoms with Gasteiger partial charge in [-0.2, -0.15) is 4.31 Å². The van der Waals surface area contributed by atoms with Crippen molar-refractivity contribution in [2.45, 2.75) is 18.0 Å². The third kappa shape index (κ3) is 6.01. The number of halogens is 2. The Kier molecular flexibility index (Phi) is 8.15. The Balaban J connectivity index is 1.83. The number of rotatable bonds is 9. The summed E-state index contributed by atoms with van der Waals surface area (Å²) in [5, 5.41) is 3.42. The molecule has 0 aliphatic heterocycles. The standard InChI is InChI=1S/C23H22Cl2N2O4S/c1-31-22-12-11-19(13-21(22)25)32(29,30)27(15-17-7-3-2-4-8-17)16-23(28)26-14-18-9-5-6-10-20(18)24/h2-13H,14-16H2,1H3,(H,26,28). The molecule has 0 spiro atoms. The van der Waals surface area contributed by atoms with E-state index in [1.54, 1.807) is 30.3 Å². The van der Waals surface area contributed by atoms with Gasteiger partial charge < -0.3 is 10.1 Å². The highest BCUT2D eigenvalue weighted by molar-refractivity contribution is 7.89. The summed E-state index contributed by atoms with van der Waals surface area (Å²) in [4.78, 5) is 12.6. The average Bonchev–Trinajstić information content (AvgIpc) is 2.78. The van der Waals surface area contributed by atoms with E-state index >= 15 is 0 Å². The highest BCUT2D eigenvalue weighted by atomic mass is 35.5. The van der Waals surface area contributed by atoms with Crippen molar-refractivity contribution < 1.29 is 17.9 Å². The van der Waals surface area contributed by atoms with Crippen molar-refractivity contribution in [2.24, 2.45) is 0 Å².